The van der Waals surface area contributed by atoms with Gasteiger partial charge in [-0.05, 0) is 43.4 Å². The Hall–Kier alpha value is -0.590. The highest BCUT2D eigenvalue weighted by Crippen LogP contribution is 2.39. The van der Waals surface area contributed by atoms with E-state index in [0.717, 1.165) is 37.8 Å². The molecule has 3 nitrogen and oxygen atoms in total. The van der Waals surface area contributed by atoms with Crippen molar-refractivity contribution in [1.29, 1.82) is 0 Å². The second kappa shape index (κ2) is 5.81. The molecular formula is C13H18FNO2S2. The van der Waals surface area contributed by atoms with Crippen LogP contribution in [0.1, 0.15) is 25.7 Å². The predicted molar refractivity (Wildman–Crippen MR) is 76.3 cm³/mol. The van der Waals surface area contributed by atoms with Crippen LogP contribution in [-0.4, -0.2) is 26.0 Å². The van der Waals surface area contributed by atoms with Crippen molar-refractivity contribution < 1.29 is 12.8 Å². The van der Waals surface area contributed by atoms with Crippen molar-refractivity contribution in [2.24, 2.45) is 0 Å². The summed E-state index contributed by atoms with van der Waals surface area (Å²) in [4.78, 5) is 0.114. The molecule has 1 N–H and O–H groups in total. The summed E-state index contributed by atoms with van der Waals surface area (Å²) >= 11 is 1.73. The molecule has 0 radical (unpaired) electrons. The number of halogens is 1. The lowest BCUT2D eigenvalue weighted by molar-refractivity contribution is 0.551. The molecule has 19 heavy (non-hydrogen) atoms. The predicted octanol–water partition coefficient (Wildman–Crippen LogP) is 2.78. The molecule has 0 unspecified atom stereocenters. The van der Waals surface area contributed by atoms with Crippen LogP contribution in [0.25, 0.3) is 0 Å². The fraction of sp³-hybridized carbons (Fsp3) is 0.538. The number of sulfonamides is 1. The topological polar surface area (TPSA) is 46.2 Å². The van der Waals surface area contributed by atoms with E-state index in [1.54, 1.807) is 11.8 Å². The van der Waals surface area contributed by atoms with Crippen LogP contribution < -0.4 is 4.72 Å². The highest BCUT2D eigenvalue weighted by Gasteiger charge is 2.34. The first-order chi connectivity index (χ1) is 8.97. The summed E-state index contributed by atoms with van der Waals surface area (Å²) < 4.78 is 39.7. The van der Waals surface area contributed by atoms with Crippen LogP contribution in [0.15, 0.2) is 29.2 Å². The normalized spacial score (nSPS) is 18.6. The molecule has 2 rings (SSSR count). The number of nitrogens with one attached hydrogen (secondary N) is 1. The maximum absolute atomic E-state index is 12.8. The molecule has 1 aromatic rings. The summed E-state index contributed by atoms with van der Waals surface area (Å²) in [5.41, 5.74) is 0. The van der Waals surface area contributed by atoms with Crippen LogP contribution >= 0.6 is 11.8 Å². The van der Waals surface area contributed by atoms with Crippen molar-refractivity contribution in [3.05, 3.63) is 30.1 Å². The molecule has 0 saturated heterocycles. The van der Waals surface area contributed by atoms with Gasteiger partial charge in [-0.1, -0.05) is 12.8 Å². The number of benzene rings is 1. The molecule has 6 heteroatoms. The molecule has 0 atom stereocenters. The van der Waals surface area contributed by atoms with E-state index in [4.69, 9.17) is 0 Å². The zero-order chi connectivity index (χ0) is 13.9. The molecule has 0 aliphatic heterocycles. The minimum absolute atomic E-state index is 0.0209. The van der Waals surface area contributed by atoms with Gasteiger partial charge in [0.25, 0.3) is 0 Å². The van der Waals surface area contributed by atoms with Crippen molar-refractivity contribution in [2.75, 3.05) is 12.8 Å². The van der Waals surface area contributed by atoms with Gasteiger partial charge in [-0.15, -0.1) is 0 Å². The Kier molecular flexibility index (Phi) is 4.53. The van der Waals surface area contributed by atoms with E-state index in [-0.39, 0.29) is 9.64 Å². The maximum atomic E-state index is 12.8. The minimum Gasteiger partial charge on any atom is -0.210 e. The summed E-state index contributed by atoms with van der Waals surface area (Å²) in [6.45, 7) is 0.438. The van der Waals surface area contributed by atoms with Crippen molar-refractivity contribution in [3.63, 3.8) is 0 Å². The highest BCUT2D eigenvalue weighted by molar-refractivity contribution is 8.00. The average molecular weight is 303 g/mol. The lowest BCUT2D eigenvalue weighted by Crippen LogP contribution is -2.38. The number of hydrogen-bond donors (Lipinski definition) is 1. The van der Waals surface area contributed by atoms with Crippen molar-refractivity contribution >= 4 is 21.8 Å². The van der Waals surface area contributed by atoms with Crippen LogP contribution in [0.5, 0.6) is 0 Å². The first-order valence-corrected chi connectivity index (χ1v) is 8.99. The molecule has 1 aliphatic rings. The van der Waals surface area contributed by atoms with E-state index in [1.807, 2.05) is 6.26 Å². The number of thioether (sulfide) groups is 1. The highest BCUT2D eigenvalue weighted by atomic mass is 32.2. The number of rotatable bonds is 5. The second-order valence-corrected chi connectivity index (χ2v) is 7.91. The minimum atomic E-state index is -3.54. The van der Waals surface area contributed by atoms with Crippen molar-refractivity contribution in [2.45, 2.75) is 35.3 Å². The zero-order valence-electron chi connectivity index (χ0n) is 10.9. The summed E-state index contributed by atoms with van der Waals surface area (Å²) in [6, 6.07) is 4.90. The first kappa shape index (κ1) is 14.8. The van der Waals surface area contributed by atoms with Crippen LogP contribution in [-0.2, 0) is 10.0 Å². The van der Waals surface area contributed by atoms with Crippen molar-refractivity contribution in [1.82, 2.24) is 4.72 Å². The van der Waals surface area contributed by atoms with Gasteiger partial charge in [-0.25, -0.2) is 17.5 Å². The van der Waals surface area contributed by atoms with Gasteiger partial charge in [0.1, 0.15) is 5.82 Å². The summed E-state index contributed by atoms with van der Waals surface area (Å²) in [6.07, 6.45) is 6.41. The third-order valence-electron chi connectivity index (χ3n) is 3.66. The van der Waals surface area contributed by atoms with Gasteiger partial charge in [0.05, 0.1) is 4.90 Å². The van der Waals surface area contributed by atoms with Gasteiger partial charge in [-0.3, -0.25) is 0 Å². The largest absolute Gasteiger partial charge is 0.240 e. The molecule has 0 heterocycles. The van der Waals surface area contributed by atoms with Crippen LogP contribution in [0.2, 0.25) is 0 Å². The molecule has 0 aromatic heterocycles. The molecular weight excluding hydrogens is 285 g/mol. The van der Waals surface area contributed by atoms with E-state index in [1.165, 1.54) is 12.1 Å². The van der Waals surface area contributed by atoms with Gasteiger partial charge >= 0.3 is 0 Å². The fourth-order valence-electron chi connectivity index (χ4n) is 2.40. The molecule has 1 aromatic carbocycles. The van der Waals surface area contributed by atoms with Gasteiger partial charge in [0, 0.05) is 11.3 Å². The Morgan fingerprint density at radius 3 is 2.37 bits per heavy atom. The second-order valence-electron chi connectivity index (χ2n) is 4.87. The third-order valence-corrected chi connectivity index (χ3v) is 6.49. The third kappa shape index (κ3) is 3.49. The SMILES string of the molecule is CSC1(CNS(=O)(=O)c2ccc(F)cc2)CCCC1. The summed E-state index contributed by atoms with van der Waals surface area (Å²) in [5, 5.41) is 0. The standard InChI is InChI=1S/C13H18FNO2S2/c1-18-13(8-2-3-9-13)10-15-19(16,17)12-6-4-11(14)5-7-12/h4-7,15H,2-3,8-10H2,1H3. The Balaban J connectivity index is 2.07. The molecule has 0 spiro atoms. The van der Waals surface area contributed by atoms with Gasteiger partial charge in [-0.2, -0.15) is 11.8 Å². The van der Waals surface area contributed by atoms with E-state index in [2.05, 4.69) is 4.72 Å². The fourth-order valence-corrected chi connectivity index (χ4v) is 4.53. The molecule has 1 saturated carbocycles. The molecule has 1 aliphatic carbocycles. The van der Waals surface area contributed by atoms with Crippen LogP contribution in [0.4, 0.5) is 4.39 Å². The van der Waals surface area contributed by atoms with E-state index in [0.29, 0.717) is 6.54 Å². The molecule has 0 amide bonds. The monoisotopic (exact) mass is 303 g/mol. The Morgan fingerprint density at radius 2 is 1.84 bits per heavy atom. The van der Waals surface area contributed by atoms with Gasteiger partial charge in [0.15, 0.2) is 0 Å². The van der Waals surface area contributed by atoms with E-state index < -0.39 is 15.8 Å². The van der Waals surface area contributed by atoms with Gasteiger partial charge in [0.2, 0.25) is 10.0 Å². The van der Waals surface area contributed by atoms with Crippen LogP contribution in [0, 0.1) is 5.82 Å². The first-order valence-electron chi connectivity index (χ1n) is 6.28. The maximum Gasteiger partial charge on any atom is 0.240 e. The lowest BCUT2D eigenvalue weighted by atomic mass is 10.1. The van der Waals surface area contributed by atoms with Gasteiger partial charge < -0.3 is 0 Å². The van der Waals surface area contributed by atoms with E-state index >= 15 is 0 Å². The van der Waals surface area contributed by atoms with E-state index in [9.17, 15) is 12.8 Å². The quantitative estimate of drug-likeness (QED) is 0.910. The summed E-state index contributed by atoms with van der Waals surface area (Å²) in [5.74, 6) is -0.435. The zero-order valence-corrected chi connectivity index (χ0v) is 12.5. The van der Waals surface area contributed by atoms with Crippen molar-refractivity contribution in [3.8, 4) is 0 Å². The summed E-state index contributed by atoms with van der Waals surface area (Å²) in [7, 11) is -3.54. The lowest BCUT2D eigenvalue weighted by Gasteiger charge is -2.26. The Labute approximate surface area is 118 Å². The smallest absolute Gasteiger partial charge is 0.210 e. The molecule has 0 bridgehead atoms. The van der Waals surface area contributed by atoms with Crippen LogP contribution in [0.3, 0.4) is 0 Å². The Bertz CT molecular complexity index is 522. The molecule has 1 fully saturated rings. The number of hydrogen-bond acceptors (Lipinski definition) is 3. The average Bonchev–Trinajstić information content (AvgIpc) is 2.87. The molecule has 106 valence electrons. The Morgan fingerprint density at radius 1 is 1.26 bits per heavy atom.